The molecule has 0 fully saturated rings. The van der Waals surface area contributed by atoms with Gasteiger partial charge in [-0.3, -0.25) is 0 Å². The van der Waals surface area contributed by atoms with E-state index in [-0.39, 0.29) is 0 Å². The molecule has 76 valence electrons. The lowest BCUT2D eigenvalue weighted by Crippen LogP contribution is -2.21. The molecule has 0 bridgehead atoms. The van der Waals surface area contributed by atoms with Crippen molar-refractivity contribution in [2.45, 2.75) is 45.6 Å². The predicted molar refractivity (Wildman–Crippen MR) is 66.2 cm³/mol. The minimum atomic E-state index is 0.756. The maximum Gasteiger partial charge on any atom is 0.147 e. The Morgan fingerprint density at radius 3 is 2.00 bits per heavy atom. The molecule has 0 radical (unpaired) electrons. The van der Waals surface area contributed by atoms with E-state index in [0.29, 0.717) is 0 Å². The van der Waals surface area contributed by atoms with Crippen molar-refractivity contribution in [1.29, 1.82) is 0 Å². The van der Waals surface area contributed by atoms with Crippen LogP contribution in [0, 0.1) is 0 Å². The summed E-state index contributed by atoms with van der Waals surface area (Å²) in [5.74, 6) is 0.756. The van der Waals surface area contributed by atoms with Crippen LogP contribution in [0.3, 0.4) is 0 Å². The van der Waals surface area contributed by atoms with Crippen LogP contribution in [0.1, 0.15) is 38.6 Å². The zero-order chi connectivity index (χ0) is 10.4. The Morgan fingerprint density at radius 1 is 1.00 bits per heavy atom. The second-order valence-corrected chi connectivity index (χ2v) is 4.00. The SMILES string of the molecule is CCB(CC)C(CC)c1ccccc1. The van der Waals surface area contributed by atoms with Crippen molar-refractivity contribution >= 4 is 6.71 Å². The van der Waals surface area contributed by atoms with Crippen molar-refractivity contribution in [1.82, 2.24) is 0 Å². The normalized spacial score (nSPS) is 12.5. The van der Waals surface area contributed by atoms with Crippen LogP contribution < -0.4 is 0 Å². The van der Waals surface area contributed by atoms with Gasteiger partial charge in [0.15, 0.2) is 0 Å². The smallest absolute Gasteiger partial charge is 0.0765 e. The minimum absolute atomic E-state index is 0.756. The molecule has 1 unspecified atom stereocenters. The van der Waals surface area contributed by atoms with Gasteiger partial charge in [0, 0.05) is 0 Å². The lowest BCUT2D eigenvalue weighted by atomic mass is 9.36. The molecule has 0 amide bonds. The number of rotatable bonds is 5. The molecular weight excluding hydrogens is 167 g/mol. The molecule has 1 rings (SSSR count). The lowest BCUT2D eigenvalue weighted by molar-refractivity contribution is 0.845. The highest BCUT2D eigenvalue weighted by Crippen LogP contribution is 2.26. The van der Waals surface area contributed by atoms with Crippen molar-refractivity contribution in [2.24, 2.45) is 0 Å². The van der Waals surface area contributed by atoms with Crippen molar-refractivity contribution < 1.29 is 0 Å². The molecule has 0 N–H and O–H groups in total. The zero-order valence-electron chi connectivity index (χ0n) is 9.66. The Balaban J connectivity index is 2.81. The van der Waals surface area contributed by atoms with Crippen LogP contribution in [0.5, 0.6) is 0 Å². The summed E-state index contributed by atoms with van der Waals surface area (Å²) in [4.78, 5) is 0. The Morgan fingerprint density at radius 2 is 1.57 bits per heavy atom. The van der Waals surface area contributed by atoms with E-state index in [9.17, 15) is 0 Å². The summed E-state index contributed by atoms with van der Waals surface area (Å²) in [7, 11) is 0. The zero-order valence-corrected chi connectivity index (χ0v) is 9.66. The van der Waals surface area contributed by atoms with Gasteiger partial charge in [-0.1, -0.05) is 75.7 Å². The molecule has 0 saturated heterocycles. The molecule has 0 saturated carbocycles. The molecule has 0 aliphatic carbocycles. The largest absolute Gasteiger partial charge is 0.147 e. The first-order valence-electron chi connectivity index (χ1n) is 5.88. The summed E-state index contributed by atoms with van der Waals surface area (Å²) in [5, 5.41) is 0. The first kappa shape index (κ1) is 11.4. The third kappa shape index (κ3) is 2.63. The van der Waals surface area contributed by atoms with Crippen molar-refractivity contribution in [2.75, 3.05) is 0 Å². The van der Waals surface area contributed by atoms with E-state index in [2.05, 4.69) is 51.1 Å². The molecule has 1 atom stereocenters. The molecule has 0 aliphatic heterocycles. The van der Waals surface area contributed by atoms with Crippen LogP contribution >= 0.6 is 0 Å². The monoisotopic (exact) mass is 188 g/mol. The van der Waals surface area contributed by atoms with Crippen LogP contribution in [0.25, 0.3) is 0 Å². The third-order valence-corrected chi connectivity index (χ3v) is 3.29. The first-order chi connectivity index (χ1) is 6.83. The quantitative estimate of drug-likeness (QED) is 0.605. The van der Waals surface area contributed by atoms with Gasteiger partial charge in [-0.05, 0) is 5.82 Å². The molecule has 1 aromatic rings. The standard InChI is InChI=1S/C13H21B/c1-4-13(14(5-2)6-3)12-10-8-7-9-11-12/h7-11,13H,4-6H2,1-3H3. The molecule has 0 heterocycles. The highest BCUT2D eigenvalue weighted by Gasteiger charge is 2.21. The van der Waals surface area contributed by atoms with E-state index >= 15 is 0 Å². The molecular formula is C13H21B. The number of hydrogen-bond donors (Lipinski definition) is 0. The maximum atomic E-state index is 2.31. The summed E-state index contributed by atoms with van der Waals surface area (Å²) in [6, 6.07) is 10.9. The van der Waals surface area contributed by atoms with Gasteiger partial charge in [0.1, 0.15) is 6.71 Å². The van der Waals surface area contributed by atoms with Gasteiger partial charge >= 0.3 is 0 Å². The molecule has 14 heavy (non-hydrogen) atoms. The lowest BCUT2D eigenvalue weighted by Gasteiger charge is -2.21. The third-order valence-electron chi connectivity index (χ3n) is 3.29. The molecule has 1 heteroatoms. The van der Waals surface area contributed by atoms with E-state index in [1.807, 2.05) is 0 Å². The van der Waals surface area contributed by atoms with E-state index in [4.69, 9.17) is 0 Å². The number of hydrogen-bond acceptors (Lipinski definition) is 0. The average molecular weight is 188 g/mol. The Bertz CT molecular complexity index is 239. The Hall–Kier alpha value is -0.715. The summed E-state index contributed by atoms with van der Waals surface area (Å²) in [6.07, 6.45) is 3.85. The highest BCUT2D eigenvalue weighted by molar-refractivity contribution is 6.60. The van der Waals surface area contributed by atoms with Gasteiger partial charge < -0.3 is 0 Å². The maximum absolute atomic E-state index is 2.31. The van der Waals surface area contributed by atoms with E-state index in [1.54, 1.807) is 0 Å². The van der Waals surface area contributed by atoms with Crippen LogP contribution in [-0.2, 0) is 0 Å². The summed E-state index contributed by atoms with van der Waals surface area (Å²) >= 11 is 0. The predicted octanol–water partition coefficient (Wildman–Crippen LogP) is 4.25. The second kappa shape index (κ2) is 5.90. The van der Waals surface area contributed by atoms with Crippen molar-refractivity contribution in [3.8, 4) is 0 Å². The van der Waals surface area contributed by atoms with Gasteiger partial charge in [0.05, 0.1) is 0 Å². The van der Waals surface area contributed by atoms with Crippen LogP contribution in [0.4, 0.5) is 0 Å². The molecule has 0 nitrogen and oxygen atoms in total. The Labute approximate surface area is 88.8 Å². The molecule has 0 aliphatic rings. The average Bonchev–Trinajstić information content (AvgIpc) is 2.27. The minimum Gasteiger partial charge on any atom is -0.0765 e. The highest BCUT2D eigenvalue weighted by atomic mass is 14.0. The van der Waals surface area contributed by atoms with Gasteiger partial charge in [0.2, 0.25) is 0 Å². The fourth-order valence-corrected chi connectivity index (χ4v) is 2.40. The summed E-state index contributed by atoms with van der Waals surface area (Å²) in [6.45, 7) is 7.76. The molecule has 1 aromatic carbocycles. The Kier molecular flexibility index (Phi) is 4.79. The van der Waals surface area contributed by atoms with E-state index in [0.717, 1.165) is 12.5 Å². The van der Waals surface area contributed by atoms with E-state index < -0.39 is 0 Å². The topological polar surface area (TPSA) is 0 Å². The summed E-state index contributed by atoms with van der Waals surface area (Å²) in [5.41, 5.74) is 1.52. The number of benzene rings is 1. The van der Waals surface area contributed by atoms with Gasteiger partial charge in [-0.15, -0.1) is 0 Å². The van der Waals surface area contributed by atoms with Gasteiger partial charge in [0.25, 0.3) is 0 Å². The van der Waals surface area contributed by atoms with Crippen LogP contribution in [0.2, 0.25) is 12.6 Å². The van der Waals surface area contributed by atoms with Crippen molar-refractivity contribution in [3.63, 3.8) is 0 Å². The van der Waals surface area contributed by atoms with Crippen LogP contribution in [-0.4, -0.2) is 6.71 Å². The van der Waals surface area contributed by atoms with Gasteiger partial charge in [-0.2, -0.15) is 0 Å². The molecule has 0 aromatic heterocycles. The fraction of sp³-hybridized carbons (Fsp3) is 0.538. The fourth-order valence-electron chi connectivity index (χ4n) is 2.40. The summed E-state index contributed by atoms with van der Waals surface area (Å²) < 4.78 is 0. The van der Waals surface area contributed by atoms with Gasteiger partial charge in [-0.25, -0.2) is 0 Å². The first-order valence-corrected chi connectivity index (χ1v) is 5.88. The van der Waals surface area contributed by atoms with Crippen LogP contribution in [0.15, 0.2) is 30.3 Å². The second-order valence-electron chi connectivity index (χ2n) is 4.00. The van der Waals surface area contributed by atoms with Crippen molar-refractivity contribution in [3.05, 3.63) is 35.9 Å². The molecule has 0 spiro atoms. The van der Waals surface area contributed by atoms with E-state index in [1.165, 1.54) is 24.6 Å².